The number of amides is 1. The van der Waals surface area contributed by atoms with Gasteiger partial charge in [-0.15, -0.1) is 0 Å². The first-order valence-corrected chi connectivity index (χ1v) is 9.03. The average Bonchev–Trinajstić information content (AvgIpc) is 2.68. The van der Waals surface area contributed by atoms with Crippen LogP contribution in [0.1, 0.15) is 18.1 Å². The summed E-state index contributed by atoms with van der Waals surface area (Å²) in [4.78, 5) is 14.6. The van der Waals surface area contributed by atoms with Crippen LogP contribution in [-0.4, -0.2) is 43.7 Å². The molecule has 1 aliphatic heterocycles. The summed E-state index contributed by atoms with van der Waals surface area (Å²) in [5.74, 6) is 1.32. The number of nitrogens with one attached hydrogen (secondary N) is 1. The van der Waals surface area contributed by atoms with Gasteiger partial charge in [-0.1, -0.05) is 24.3 Å². The van der Waals surface area contributed by atoms with E-state index < -0.39 is 6.10 Å². The second-order valence-corrected chi connectivity index (χ2v) is 6.52. The second-order valence-electron chi connectivity index (χ2n) is 6.52. The number of rotatable bonds is 7. The Morgan fingerprint density at radius 3 is 2.54 bits per heavy atom. The van der Waals surface area contributed by atoms with Gasteiger partial charge >= 0.3 is 0 Å². The number of methoxy groups -OCH3 is 1. The topological polar surface area (TPSA) is 50.8 Å². The Hall–Kier alpha value is -2.53. The van der Waals surface area contributed by atoms with Crippen LogP contribution in [0.5, 0.6) is 11.5 Å². The fraction of sp³-hybridized carbons (Fsp3) is 0.381. The quantitative estimate of drug-likeness (QED) is 0.830. The molecule has 26 heavy (non-hydrogen) atoms. The van der Waals surface area contributed by atoms with Gasteiger partial charge in [-0.05, 0) is 48.7 Å². The third-order valence-electron chi connectivity index (χ3n) is 4.68. The minimum atomic E-state index is -0.537. The Bertz CT molecular complexity index is 730. The molecule has 1 atom stereocenters. The summed E-state index contributed by atoms with van der Waals surface area (Å²) >= 11 is 0. The van der Waals surface area contributed by atoms with E-state index in [1.54, 1.807) is 26.2 Å². The highest BCUT2D eigenvalue weighted by atomic mass is 16.5. The summed E-state index contributed by atoms with van der Waals surface area (Å²) in [5, 5.41) is 2.97. The van der Waals surface area contributed by atoms with Crippen molar-refractivity contribution in [1.29, 1.82) is 0 Å². The van der Waals surface area contributed by atoms with Crippen molar-refractivity contribution in [3.8, 4) is 11.5 Å². The predicted molar refractivity (Wildman–Crippen MR) is 102 cm³/mol. The zero-order valence-electron chi connectivity index (χ0n) is 15.4. The first kappa shape index (κ1) is 18.3. The zero-order valence-corrected chi connectivity index (χ0v) is 15.4. The molecule has 1 unspecified atom stereocenters. The van der Waals surface area contributed by atoms with Gasteiger partial charge in [0.15, 0.2) is 6.10 Å². The van der Waals surface area contributed by atoms with Crippen molar-refractivity contribution < 1.29 is 14.3 Å². The van der Waals surface area contributed by atoms with E-state index in [9.17, 15) is 4.79 Å². The van der Waals surface area contributed by atoms with E-state index in [2.05, 4.69) is 34.5 Å². The van der Waals surface area contributed by atoms with Gasteiger partial charge in [0.1, 0.15) is 11.5 Å². The largest absolute Gasteiger partial charge is 0.497 e. The van der Waals surface area contributed by atoms with Crippen molar-refractivity contribution in [2.24, 2.45) is 0 Å². The minimum absolute atomic E-state index is 0.0989. The highest BCUT2D eigenvalue weighted by Crippen LogP contribution is 2.19. The average molecular weight is 354 g/mol. The molecular weight excluding hydrogens is 328 g/mol. The molecule has 0 aromatic heterocycles. The van der Waals surface area contributed by atoms with Crippen LogP contribution in [0.25, 0.3) is 0 Å². The molecule has 0 spiro atoms. The summed E-state index contributed by atoms with van der Waals surface area (Å²) in [6, 6.07) is 15.8. The number of carbonyl (C=O) groups is 1. The molecule has 1 amide bonds. The number of hydrogen-bond donors (Lipinski definition) is 1. The lowest BCUT2D eigenvalue weighted by Gasteiger charge is -2.28. The summed E-state index contributed by atoms with van der Waals surface area (Å²) in [7, 11) is 1.62. The molecule has 5 heteroatoms. The van der Waals surface area contributed by atoms with E-state index in [4.69, 9.17) is 9.47 Å². The highest BCUT2D eigenvalue weighted by Gasteiger charge is 2.17. The molecule has 138 valence electrons. The van der Waals surface area contributed by atoms with Gasteiger partial charge in [0.05, 0.1) is 7.11 Å². The standard InChI is InChI=1S/C21H26N2O3/c1-16(26-20-9-7-19(25-2)8-10-20)21(24)22-12-14-23-13-11-17-5-3-4-6-18(17)15-23/h3-10,16H,11-15H2,1-2H3,(H,22,24). The second kappa shape index (κ2) is 8.72. The van der Waals surface area contributed by atoms with E-state index in [1.807, 2.05) is 12.1 Å². The molecule has 3 rings (SSSR count). The van der Waals surface area contributed by atoms with E-state index in [0.717, 1.165) is 31.8 Å². The Balaban J connectivity index is 1.41. The Kier molecular flexibility index (Phi) is 6.12. The van der Waals surface area contributed by atoms with Crippen LogP contribution in [0.4, 0.5) is 0 Å². The number of hydrogen-bond acceptors (Lipinski definition) is 4. The molecule has 1 heterocycles. The van der Waals surface area contributed by atoms with E-state index in [-0.39, 0.29) is 5.91 Å². The van der Waals surface area contributed by atoms with E-state index in [1.165, 1.54) is 11.1 Å². The minimum Gasteiger partial charge on any atom is -0.497 e. The number of benzene rings is 2. The maximum Gasteiger partial charge on any atom is 0.260 e. The molecule has 0 aliphatic carbocycles. The molecule has 0 saturated carbocycles. The summed E-state index contributed by atoms with van der Waals surface area (Å²) in [6.45, 7) is 5.21. The van der Waals surface area contributed by atoms with Crippen LogP contribution in [0.2, 0.25) is 0 Å². The molecule has 0 bridgehead atoms. The molecular formula is C21H26N2O3. The monoisotopic (exact) mass is 354 g/mol. The fourth-order valence-corrected chi connectivity index (χ4v) is 3.14. The summed E-state index contributed by atoms with van der Waals surface area (Å²) in [6.07, 6.45) is 0.534. The highest BCUT2D eigenvalue weighted by molar-refractivity contribution is 5.80. The third-order valence-corrected chi connectivity index (χ3v) is 4.68. The first-order chi connectivity index (χ1) is 12.7. The van der Waals surface area contributed by atoms with Crippen molar-refractivity contribution >= 4 is 5.91 Å². The molecule has 2 aromatic carbocycles. The SMILES string of the molecule is COc1ccc(OC(C)C(=O)NCCN2CCc3ccccc3C2)cc1. The molecule has 5 nitrogen and oxygen atoms in total. The number of fused-ring (bicyclic) bond motifs is 1. The molecule has 0 fully saturated rings. The van der Waals surface area contributed by atoms with Gasteiger partial charge < -0.3 is 14.8 Å². The van der Waals surface area contributed by atoms with Crippen molar-refractivity contribution in [1.82, 2.24) is 10.2 Å². The normalized spacial score (nSPS) is 15.0. The van der Waals surface area contributed by atoms with Crippen LogP contribution < -0.4 is 14.8 Å². The predicted octanol–water partition coefficient (Wildman–Crippen LogP) is 2.64. The Labute approximate surface area is 154 Å². The van der Waals surface area contributed by atoms with Crippen LogP contribution >= 0.6 is 0 Å². The third kappa shape index (κ3) is 4.76. The Morgan fingerprint density at radius 1 is 1.12 bits per heavy atom. The number of ether oxygens (including phenoxy) is 2. The molecule has 1 aliphatic rings. The summed E-state index contributed by atoms with van der Waals surface area (Å²) < 4.78 is 10.8. The Morgan fingerprint density at radius 2 is 1.81 bits per heavy atom. The van der Waals surface area contributed by atoms with Crippen molar-refractivity contribution in [3.63, 3.8) is 0 Å². The van der Waals surface area contributed by atoms with Gasteiger partial charge in [-0.25, -0.2) is 0 Å². The lowest BCUT2D eigenvalue weighted by molar-refractivity contribution is -0.127. The number of nitrogens with zero attached hydrogens (tertiary/aromatic N) is 1. The van der Waals surface area contributed by atoms with Crippen molar-refractivity contribution in [2.45, 2.75) is 26.0 Å². The zero-order chi connectivity index (χ0) is 18.4. The lowest BCUT2D eigenvalue weighted by Crippen LogP contribution is -2.42. The van der Waals surface area contributed by atoms with E-state index >= 15 is 0 Å². The van der Waals surface area contributed by atoms with Crippen molar-refractivity contribution in [2.75, 3.05) is 26.7 Å². The molecule has 0 saturated heterocycles. The van der Waals surface area contributed by atoms with Gasteiger partial charge in [0, 0.05) is 26.2 Å². The fourth-order valence-electron chi connectivity index (χ4n) is 3.14. The van der Waals surface area contributed by atoms with Crippen molar-refractivity contribution in [3.05, 3.63) is 59.7 Å². The molecule has 1 N–H and O–H groups in total. The van der Waals surface area contributed by atoms with Gasteiger partial charge in [0.25, 0.3) is 5.91 Å². The number of carbonyl (C=O) groups excluding carboxylic acids is 1. The van der Waals surface area contributed by atoms with Crippen LogP contribution in [0.15, 0.2) is 48.5 Å². The first-order valence-electron chi connectivity index (χ1n) is 9.03. The van der Waals surface area contributed by atoms with Gasteiger partial charge in [0.2, 0.25) is 0 Å². The van der Waals surface area contributed by atoms with E-state index in [0.29, 0.717) is 12.3 Å². The van der Waals surface area contributed by atoms with Crippen LogP contribution in [0.3, 0.4) is 0 Å². The summed E-state index contributed by atoms with van der Waals surface area (Å²) in [5.41, 5.74) is 2.83. The smallest absolute Gasteiger partial charge is 0.260 e. The molecule has 2 aromatic rings. The van der Waals surface area contributed by atoms with Crippen LogP contribution in [0, 0.1) is 0 Å². The van der Waals surface area contributed by atoms with Crippen LogP contribution in [-0.2, 0) is 17.8 Å². The maximum atomic E-state index is 12.2. The lowest BCUT2D eigenvalue weighted by atomic mass is 10.00. The van der Waals surface area contributed by atoms with Gasteiger partial charge in [-0.3, -0.25) is 9.69 Å². The molecule has 0 radical (unpaired) electrons. The van der Waals surface area contributed by atoms with Gasteiger partial charge in [-0.2, -0.15) is 0 Å². The maximum absolute atomic E-state index is 12.2.